The van der Waals surface area contributed by atoms with Crippen molar-refractivity contribution in [2.24, 2.45) is 0 Å². The molecular weight excluding hydrogens is 499 g/mol. The molecule has 10 heteroatoms. The van der Waals surface area contributed by atoms with Crippen LogP contribution in [0, 0.1) is 0 Å². The summed E-state index contributed by atoms with van der Waals surface area (Å²) in [4.78, 5) is 25.2. The van der Waals surface area contributed by atoms with Gasteiger partial charge in [0.15, 0.2) is 6.61 Å². The number of amides is 1. The van der Waals surface area contributed by atoms with Crippen LogP contribution in [0.3, 0.4) is 0 Å². The molecule has 3 aromatic carbocycles. The lowest BCUT2D eigenvalue weighted by Crippen LogP contribution is -2.20. The molecule has 0 radical (unpaired) electrons. The molecule has 1 N–H and O–H groups in total. The Morgan fingerprint density at radius 3 is 2.28 bits per heavy atom. The molecule has 0 spiro atoms. The summed E-state index contributed by atoms with van der Waals surface area (Å²) in [5.74, 6) is -1.22. The molecular formula is C26H19ClF3NO5. The van der Waals surface area contributed by atoms with Gasteiger partial charge >= 0.3 is 6.18 Å². The first-order valence-electron chi connectivity index (χ1n) is 10.7. The van der Waals surface area contributed by atoms with Crippen LogP contribution in [0.25, 0.3) is 22.1 Å². The van der Waals surface area contributed by atoms with Crippen LogP contribution < -0.4 is 20.2 Å². The van der Waals surface area contributed by atoms with Gasteiger partial charge in [0, 0.05) is 16.8 Å². The third-order valence-corrected chi connectivity index (χ3v) is 5.33. The Hall–Kier alpha value is -3.98. The SMILES string of the molecule is CCOc1ccc(NC(=O)COc2ccc3c(=O)c(-c4ccc(Cl)cc4)c(C(F)(F)F)oc3c2)cc1. The highest BCUT2D eigenvalue weighted by Crippen LogP contribution is 2.38. The number of carbonyl (C=O) groups is 1. The third-order valence-electron chi connectivity index (χ3n) is 5.07. The molecule has 0 bridgehead atoms. The summed E-state index contributed by atoms with van der Waals surface area (Å²) in [6, 6.07) is 15.9. The predicted octanol–water partition coefficient (Wildman–Crippen LogP) is 6.55. The van der Waals surface area contributed by atoms with Gasteiger partial charge in [-0.3, -0.25) is 9.59 Å². The van der Waals surface area contributed by atoms with Gasteiger partial charge in [-0.15, -0.1) is 0 Å². The van der Waals surface area contributed by atoms with Crippen molar-refractivity contribution in [3.63, 3.8) is 0 Å². The van der Waals surface area contributed by atoms with Crippen LogP contribution >= 0.6 is 11.6 Å². The second kappa shape index (κ2) is 10.3. The quantitative estimate of drug-likeness (QED) is 0.301. The highest BCUT2D eigenvalue weighted by molar-refractivity contribution is 6.30. The standard InChI is InChI=1S/C26H19ClF3NO5/c1-2-34-18-9-7-17(8-10-18)31-22(32)14-35-19-11-12-20-21(13-19)36-25(26(28,29)30)23(24(20)33)15-3-5-16(27)6-4-15/h3-13H,2,14H2,1H3,(H,31,32). The number of hydrogen-bond acceptors (Lipinski definition) is 5. The summed E-state index contributed by atoms with van der Waals surface area (Å²) in [6.45, 7) is 1.95. The highest BCUT2D eigenvalue weighted by atomic mass is 35.5. The Labute approximate surface area is 208 Å². The molecule has 0 aliphatic heterocycles. The summed E-state index contributed by atoms with van der Waals surface area (Å²) in [7, 11) is 0. The highest BCUT2D eigenvalue weighted by Gasteiger charge is 2.39. The Morgan fingerprint density at radius 2 is 1.64 bits per heavy atom. The number of nitrogens with one attached hydrogen (secondary N) is 1. The third kappa shape index (κ3) is 5.63. The number of anilines is 1. The minimum atomic E-state index is -4.93. The molecule has 0 saturated heterocycles. The molecule has 0 aliphatic rings. The number of rotatable bonds is 7. The van der Waals surface area contributed by atoms with Crippen LogP contribution in [0.1, 0.15) is 12.7 Å². The van der Waals surface area contributed by atoms with Crippen molar-refractivity contribution in [1.29, 1.82) is 0 Å². The van der Waals surface area contributed by atoms with E-state index < -0.39 is 35.4 Å². The van der Waals surface area contributed by atoms with Gasteiger partial charge in [-0.05, 0) is 61.0 Å². The molecule has 6 nitrogen and oxygen atoms in total. The second-order valence-electron chi connectivity index (χ2n) is 7.59. The molecule has 0 saturated carbocycles. The van der Waals surface area contributed by atoms with E-state index >= 15 is 0 Å². The molecule has 0 unspecified atom stereocenters. The van der Waals surface area contributed by atoms with Crippen LogP contribution in [0.2, 0.25) is 5.02 Å². The Morgan fingerprint density at radius 1 is 0.972 bits per heavy atom. The zero-order chi connectivity index (χ0) is 25.9. The van der Waals surface area contributed by atoms with Crippen LogP contribution in [0.5, 0.6) is 11.5 Å². The lowest BCUT2D eigenvalue weighted by atomic mass is 10.0. The van der Waals surface area contributed by atoms with Crippen LogP contribution in [-0.4, -0.2) is 19.1 Å². The lowest BCUT2D eigenvalue weighted by Gasteiger charge is -2.13. The number of ether oxygens (including phenoxy) is 2. The van der Waals surface area contributed by atoms with E-state index in [1.54, 1.807) is 24.3 Å². The van der Waals surface area contributed by atoms with Gasteiger partial charge in [0.25, 0.3) is 5.91 Å². The van der Waals surface area contributed by atoms with E-state index in [0.717, 1.165) is 6.07 Å². The van der Waals surface area contributed by atoms with Crippen molar-refractivity contribution in [2.75, 3.05) is 18.5 Å². The van der Waals surface area contributed by atoms with Crippen LogP contribution in [0.15, 0.2) is 75.9 Å². The average molecular weight is 518 g/mol. The number of benzene rings is 3. The number of hydrogen-bond donors (Lipinski definition) is 1. The van der Waals surface area contributed by atoms with E-state index in [4.69, 9.17) is 25.5 Å². The molecule has 1 aromatic heterocycles. The fraction of sp³-hybridized carbons (Fsp3) is 0.154. The first-order valence-corrected chi connectivity index (χ1v) is 11.1. The van der Waals surface area contributed by atoms with Crippen LogP contribution in [-0.2, 0) is 11.0 Å². The monoisotopic (exact) mass is 517 g/mol. The maximum Gasteiger partial charge on any atom is 0.450 e. The smallest absolute Gasteiger partial charge is 0.450 e. The fourth-order valence-corrected chi connectivity index (χ4v) is 3.61. The Kier molecular flexibility index (Phi) is 7.21. The van der Waals surface area contributed by atoms with E-state index in [-0.39, 0.29) is 22.3 Å². The molecule has 0 atom stereocenters. The number of carbonyl (C=O) groups excluding carboxylic acids is 1. The average Bonchev–Trinajstić information content (AvgIpc) is 2.84. The van der Waals surface area contributed by atoms with Gasteiger partial charge in [0.05, 0.1) is 17.6 Å². The maximum atomic E-state index is 13.8. The van der Waals surface area contributed by atoms with Gasteiger partial charge in [-0.2, -0.15) is 13.2 Å². The largest absolute Gasteiger partial charge is 0.494 e. The van der Waals surface area contributed by atoms with E-state index in [1.165, 1.54) is 36.4 Å². The molecule has 186 valence electrons. The number of alkyl halides is 3. The van der Waals surface area contributed by atoms with E-state index in [1.807, 2.05) is 6.92 Å². The lowest BCUT2D eigenvalue weighted by molar-refractivity contribution is -0.152. The van der Waals surface area contributed by atoms with Crippen LogP contribution in [0.4, 0.5) is 18.9 Å². The first-order chi connectivity index (χ1) is 17.2. The minimum Gasteiger partial charge on any atom is -0.494 e. The number of fused-ring (bicyclic) bond motifs is 1. The molecule has 1 amide bonds. The minimum absolute atomic E-state index is 0.0219. The summed E-state index contributed by atoms with van der Waals surface area (Å²) in [6.07, 6.45) is -4.93. The fourth-order valence-electron chi connectivity index (χ4n) is 3.49. The van der Waals surface area contributed by atoms with Crippen molar-refractivity contribution in [1.82, 2.24) is 0 Å². The van der Waals surface area contributed by atoms with E-state index in [9.17, 15) is 22.8 Å². The molecule has 0 fully saturated rings. The molecule has 1 heterocycles. The predicted molar refractivity (Wildman–Crippen MR) is 130 cm³/mol. The van der Waals surface area contributed by atoms with E-state index in [2.05, 4.69) is 5.32 Å². The molecule has 36 heavy (non-hydrogen) atoms. The topological polar surface area (TPSA) is 77.8 Å². The Balaban J connectivity index is 1.57. The summed E-state index contributed by atoms with van der Waals surface area (Å²) in [5.41, 5.74) is -1.26. The maximum absolute atomic E-state index is 13.8. The Bertz CT molecular complexity index is 1450. The van der Waals surface area contributed by atoms with Crippen molar-refractivity contribution >= 4 is 34.2 Å². The zero-order valence-electron chi connectivity index (χ0n) is 18.8. The van der Waals surface area contributed by atoms with E-state index in [0.29, 0.717) is 23.1 Å². The number of halogens is 4. The molecule has 4 rings (SSSR count). The van der Waals surface area contributed by atoms with Gasteiger partial charge in [0.2, 0.25) is 11.2 Å². The van der Waals surface area contributed by atoms with Crippen molar-refractivity contribution in [3.8, 4) is 22.6 Å². The second-order valence-corrected chi connectivity index (χ2v) is 8.03. The summed E-state index contributed by atoms with van der Waals surface area (Å²) >= 11 is 5.82. The summed E-state index contributed by atoms with van der Waals surface area (Å²) < 4.78 is 57.3. The van der Waals surface area contributed by atoms with Crippen molar-refractivity contribution in [3.05, 3.63) is 87.7 Å². The zero-order valence-corrected chi connectivity index (χ0v) is 19.6. The van der Waals surface area contributed by atoms with Crippen molar-refractivity contribution < 1.29 is 31.9 Å². The van der Waals surface area contributed by atoms with Gasteiger partial charge in [-0.25, -0.2) is 0 Å². The van der Waals surface area contributed by atoms with Gasteiger partial charge < -0.3 is 19.2 Å². The van der Waals surface area contributed by atoms with Gasteiger partial charge in [-0.1, -0.05) is 23.7 Å². The van der Waals surface area contributed by atoms with Gasteiger partial charge in [0.1, 0.15) is 17.1 Å². The molecule has 4 aromatic rings. The molecule has 0 aliphatic carbocycles. The first kappa shape index (κ1) is 25.1. The van der Waals surface area contributed by atoms with Crippen molar-refractivity contribution in [2.45, 2.75) is 13.1 Å². The normalized spacial score (nSPS) is 11.4. The summed E-state index contributed by atoms with van der Waals surface area (Å²) in [5, 5.41) is 2.88.